The lowest BCUT2D eigenvalue weighted by Crippen LogP contribution is -2.12. The number of carbonyl (C=O) groups excluding carboxylic acids is 2. The molecule has 2 rings (SSSR count). The molecule has 5 heteroatoms. The number of esters is 1. The predicted molar refractivity (Wildman–Crippen MR) is 94.1 cm³/mol. The molecule has 5 nitrogen and oxygen atoms in total. The normalized spacial score (nSPS) is 10.2. The molecule has 0 spiro atoms. The van der Waals surface area contributed by atoms with E-state index in [1.165, 1.54) is 7.11 Å². The Bertz CT molecular complexity index is 737. The highest BCUT2D eigenvalue weighted by molar-refractivity contribution is 6.07. The molecule has 0 unspecified atom stereocenters. The lowest BCUT2D eigenvalue weighted by atomic mass is 10.0. The summed E-state index contributed by atoms with van der Waals surface area (Å²) in [6, 6.07) is 13.1. The van der Waals surface area contributed by atoms with Crippen molar-refractivity contribution < 1.29 is 23.8 Å². The van der Waals surface area contributed by atoms with Crippen molar-refractivity contribution >= 4 is 11.8 Å². The molecule has 2 aromatic rings. The molecule has 0 aromatic heterocycles. The average molecular weight is 342 g/mol. The first-order chi connectivity index (χ1) is 12.0. The van der Waals surface area contributed by atoms with Crippen LogP contribution in [-0.2, 0) is 16.1 Å². The number of ketones is 1. The molecular formula is C20H22O5. The van der Waals surface area contributed by atoms with E-state index >= 15 is 0 Å². The van der Waals surface area contributed by atoms with Crippen LogP contribution >= 0.6 is 0 Å². The van der Waals surface area contributed by atoms with E-state index in [0.29, 0.717) is 23.7 Å². The molecule has 0 fully saturated rings. The van der Waals surface area contributed by atoms with Gasteiger partial charge in [-0.15, -0.1) is 0 Å². The maximum atomic E-state index is 12.3. The van der Waals surface area contributed by atoms with Crippen LogP contribution in [0.2, 0.25) is 0 Å². The van der Waals surface area contributed by atoms with Crippen LogP contribution in [-0.4, -0.2) is 25.5 Å². The van der Waals surface area contributed by atoms with E-state index in [2.05, 4.69) is 0 Å². The van der Waals surface area contributed by atoms with Gasteiger partial charge < -0.3 is 14.2 Å². The van der Waals surface area contributed by atoms with Gasteiger partial charge in [0.2, 0.25) is 0 Å². The van der Waals surface area contributed by atoms with Gasteiger partial charge >= 0.3 is 5.97 Å². The van der Waals surface area contributed by atoms with Crippen molar-refractivity contribution in [3.8, 4) is 11.5 Å². The number of ether oxygens (including phenoxy) is 3. The van der Waals surface area contributed by atoms with E-state index in [4.69, 9.17) is 14.2 Å². The summed E-state index contributed by atoms with van der Waals surface area (Å²) in [4.78, 5) is 23.8. The van der Waals surface area contributed by atoms with Gasteiger partial charge in [-0.1, -0.05) is 30.3 Å². The van der Waals surface area contributed by atoms with Gasteiger partial charge in [-0.3, -0.25) is 9.59 Å². The average Bonchev–Trinajstić information content (AvgIpc) is 2.61. The third-order valence-electron chi connectivity index (χ3n) is 3.66. The van der Waals surface area contributed by atoms with E-state index in [1.54, 1.807) is 26.0 Å². The number of carbonyl (C=O) groups is 2. The van der Waals surface area contributed by atoms with Crippen LogP contribution in [0.1, 0.15) is 34.8 Å². The second-order valence-corrected chi connectivity index (χ2v) is 5.50. The Kier molecular flexibility index (Phi) is 6.57. The number of aryl methyl sites for hydroxylation is 1. The van der Waals surface area contributed by atoms with Crippen LogP contribution in [0, 0.1) is 6.92 Å². The summed E-state index contributed by atoms with van der Waals surface area (Å²) in [5.41, 5.74) is 2.18. The van der Waals surface area contributed by atoms with Crippen molar-refractivity contribution in [3.63, 3.8) is 0 Å². The Morgan fingerprint density at radius 2 is 1.76 bits per heavy atom. The van der Waals surface area contributed by atoms with Gasteiger partial charge in [0.1, 0.15) is 13.0 Å². The van der Waals surface area contributed by atoms with Crippen LogP contribution in [0.4, 0.5) is 0 Å². The number of hydrogen-bond acceptors (Lipinski definition) is 5. The fraction of sp³-hybridized carbons (Fsp3) is 0.300. The third-order valence-corrected chi connectivity index (χ3v) is 3.66. The third kappa shape index (κ3) is 5.08. The quantitative estimate of drug-likeness (QED) is 0.416. The fourth-order valence-corrected chi connectivity index (χ4v) is 2.41. The molecule has 0 radical (unpaired) electrons. The second kappa shape index (κ2) is 8.87. The number of benzene rings is 2. The molecule has 0 aliphatic carbocycles. The van der Waals surface area contributed by atoms with Gasteiger partial charge in [0, 0.05) is 5.56 Å². The standard InChI is InChI=1S/C20H22O5/c1-4-24-20(22)12-17(21)16-11-18(23-3)19(10-14(16)2)25-13-15-8-6-5-7-9-15/h5-11H,4,12-13H2,1-3H3. The molecule has 25 heavy (non-hydrogen) atoms. The minimum absolute atomic E-state index is 0.251. The first kappa shape index (κ1) is 18.5. The van der Waals surface area contributed by atoms with Crippen molar-refractivity contribution in [1.82, 2.24) is 0 Å². The lowest BCUT2D eigenvalue weighted by Gasteiger charge is -2.14. The molecule has 0 saturated carbocycles. The van der Waals surface area contributed by atoms with Crippen molar-refractivity contribution in [1.29, 1.82) is 0 Å². The summed E-state index contributed by atoms with van der Waals surface area (Å²) in [6.45, 7) is 4.15. The van der Waals surface area contributed by atoms with Crippen molar-refractivity contribution in [2.45, 2.75) is 26.9 Å². The Hall–Kier alpha value is -2.82. The zero-order chi connectivity index (χ0) is 18.2. The maximum Gasteiger partial charge on any atom is 0.313 e. The molecule has 132 valence electrons. The smallest absolute Gasteiger partial charge is 0.313 e. The van der Waals surface area contributed by atoms with Crippen LogP contribution in [0.5, 0.6) is 11.5 Å². The van der Waals surface area contributed by atoms with Gasteiger partial charge in [0.25, 0.3) is 0 Å². The van der Waals surface area contributed by atoms with E-state index in [1.807, 2.05) is 30.3 Å². The van der Waals surface area contributed by atoms with Gasteiger partial charge in [-0.2, -0.15) is 0 Å². The van der Waals surface area contributed by atoms with Crippen LogP contribution in [0.15, 0.2) is 42.5 Å². The van der Waals surface area contributed by atoms with Gasteiger partial charge in [0.05, 0.1) is 13.7 Å². The Morgan fingerprint density at radius 3 is 2.40 bits per heavy atom. The topological polar surface area (TPSA) is 61.8 Å². The van der Waals surface area contributed by atoms with Gasteiger partial charge in [0.15, 0.2) is 17.3 Å². The maximum absolute atomic E-state index is 12.3. The number of hydrogen-bond donors (Lipinski definition) is 0. The molecule has 0 aliphatic heterocycles. The van der Waals surface area contributed by atoms with Crippen molar-refractivity contribution in [2.75, 3.05) is 13.7 Å². The SMILES string of the molecule is CCOC(=O)CC(=O)c1cc(OC)c(OCc2ccccc2)cc1C. The highest BCUT2D eigenvalue weighted by Gasteiger charge is 2.18. The molecule has 0 bridgehead atoms. The first-order valence-electron chi connectivity index (χ1n) is 8.09. The minimum Gasteiger partial charge on any atom is -0.493 e. The summed E-state index contributed by atoms with van der Waals surface area (Å²) in [5, 5.41) is 0. The summed E-state index contributed by atoms with van der Waals surface area (Å²) in [6.07, 6.45) is -0.290. The van der Waals surface area contributed by atoms with E-state index in [-0.39, 0.29) is 18.8 Å². The van der Waals surface area contributed by atoms with E-state index < -0.39 is 5.97 Å². The summed E-state index contributed by atoms with van der Waals surface area (Å²) < 4.78 is 16.0. The van der Waals surface area contributed by atoms with Gasteiger partial charge in [-0.05, 0) is 37.1 Å². The minimum atomic E-state index is -0.532. The van der Waals surface area contributed by atoms with E-state index in [9.17, 15) is 9.59 Å². The second-order valence-electron chi connectivity index (χ2n) is 5.50. The summed E-state index contributed by atoms with van der Waals surface area (Å²) >= 11 is 0. The zero-order valence-corrected chi connectivity index (χ0v) is 14.7. The first-order valence-corrected chi connectivity index (χ1v) is 8.09. The Balaban J connectivity index is 2.16. The Labute approximate surface area is 147 Å². The number of Topliss-reactive ketones (excluding diaryl/α,β-unsaturated/α-hetero) is 1. The predicted octanol–water partition coefficient (Wildman–Crippen LogP) is 3.72. The largest absolute Gasteiger partial charge is 0.493 e. The Morgan fingerprint density at radius 1 is 1.04 bits per heavy atom. The molecule has 0 saturated heterocycles. The summed E-state index contributed by atoms with van der Waals surface area (Å²) in [7, 11) is 1.51. The zero-order valence-electron chi connectivity index (χ0n) is 14.7. The molecule has 0 aliphatic rings. The highest BCUT2D eigenvalue weighted by Crippen LogP contribution is 2.32. The molecule has 0 N–H and O–H groups in total. The van der Waals surface area contributed by atoms with Gasteiger partial charge in [-0.25, -0.2) is 0 Å². The number of rotatable bonds is 8. The highest BCUT2D eigenvalue weighted by atomic mass is 16.5. The van der Waals surface area contributed by atoms with Crippen LogP contribution < -0.4 is 9.47 Å². The fourth-order valence-electron chi connectivity index (χ4n) is 2.41. The molecule has 0 atom stereocenters. The monoisotopic (exact) mass is 342 g/mol. The van der Waals surface area contributed by atoms with Crippen LogP contribution in [0.25, 0.3) is 0 Å². The molecular weight excluding hydrogens is 320 g/mol. The van der Waals surface area contributed by atoms with Crippen molar-refractivity contribution in [2.24, 2.45) is 0 Å². The van der Waals surface area contributed by atoms with E-state index in [0.717, 1.165) is 11.1 Å². The molecule has 0 heterocycles. The van der Waals surface area contributed by atoms with Crippen LogP contribution in [0.3, 0.4) is 0 Å². The lowest BCUT2D eigenvalue weighted by molar-refractivity contribution is -0.141. The molecule has 2 aromatic carbocycles. The molecule has 0 amide bonds. The summed E-state index contributed by atoms with van der Waals surface area (Å²) in [5.74, 6) is 0.171. The van der Waals surface area contributed by atoms with Crippen molar-refractivity contribution in [3.05, 3.63) is 59.2 Å². The number of methoxy groups -OCH3 is 1.